The minimum absolute atomic E-state index is 0.0342. The summed E-state index contributed by atoms with van der Waals surface area (Å²) in [6.07, 6.45) is 7.87. The molecule has 3 amide bonds. The maximum absolute atomic E-state index is 13.0. The molecule has 5 rings (SSSR count). The van der Waals surface area contributed by atoms with Gasteiger partial charge in [0.2, 0.25) is 11.7 Å². The number of ketones is 1. The lowest BCUT2D eigenvalue weighted by Gasteiger charge is -2.06. The van der Waals surface area contributed by atoms with Crippen LogP contribution in [0.4, 0.5) is 11.5 Å². The summed E-state index contributed by atoms with van der Waals surface area (Å²) in [6.45, 7) is 0.0342. The molecular formula is C27H30N10O6. The molecule has 16 nitrogen and oxygen atoms in total. The number of aromatic nitrogens is 6. The number of carboxylic acids is 1. The van der Waals surface area contributed by atoms with Crippen LogP contribution in [0.1, 0.15) is 60.2 Å². The van der Waals surface area contributed by atoms with Gasteiger partial charge in [0, 0.05) is 72.1 Å². The molecule has 0 saturated carbocycles. The number of rotatable bonds is 11. The van der Waals surface area contributed by atoms with Crippen LogP contribution >= 0.6 is 0 Å². The molecule has 0 bridgehead atoms. The highest BCUT2D eigenvalue weighted by Gasteiger charge is 2.45. The molecule has 2 unspecified atom stereocenters. The van der Waals surface area contributed by atoms with Crippen molar-refractivity contribution in [3.05, 3.63) is 71.7 Å². The predicted molar refractivity (Wildman–Crippen MR) is 152 cm³/mol. The zero-order chi connectivity index (χ0) is 31.0. The van der Waals surface area contributed by atoms with E-state index in [0.29, 0.717) is 11.3 Å². The number of imidazole rings is 2. The van der Waals surface area contributed by atoms with Crippen molar-refractivity contribution >= 4 is 41.0 Å². The monoisotopic (exact) mass is 590 g/mol. The number of nitrogens with zero attached hydrogens (tertiary/aromatic N) is 6. The van der Waals surface area contributed by atoms with Crippen molar-refractivity contribution in [2.75, 3.05) is 17.2 Å². The summed E-state index contributed by atoms with van der Waals surface area (Å²) in [4.78, 5) is 70.2. The Labute approximate surface area is 244 Å². The molecule has 1 fully saturated rings. The van der Waals surface area contributed by atoms with E-state index >= 15 is 0 Å². The number of hydrogen-bond donors (Lipinski definition) is 5. The van der Waals surface area contributed by atoms with Gasteiger partial charge in [-0.05, 0) is 17.7 Å². The van der Waals surface area contributed by atoms with Crippen molar-refractivity contribution in [1.29, 1.82) is 0 Å². The van der Waals surface area contributed by atoms with Crippen LogP contribution < -0.4 is 21.3 Å². The van der Waals surface area contributed by atoms with Gasteiger partial charge >= 0.3 is 5.97 Å². The smallest absolute Gasteiger partial charge is 0.352 e. The Hall–Kier alpha value is -5.51. The van der Waals surface area contributed by atoms with Crippen LogP contribution in [0.15, 0.2) is 43.1 Å². The van der Waals surface area contributed by atoms with E-state index in [2.05, 4.69) is 31.2 Å². The summed E-state index contributed by atoms with van der Waals surface area (Å²) in [7, 11) is 6.60. The fraction of sp³-hybridized carbons (Fsp3) is 0.296. The molecule has 16 heteroatoms. The van der Waals surface area contributed by atoms with Crippen LogP contribution in [0, 0.1) is 0 Å². The highest BCUT2D eigenvalue weighted by molar-refractivity contribution is 6.03. The summed E-state index contributed by atoms with van der Waals surface area (Å²) in [6, 6.07) is 2.15. The molecule has 5 heterocycles. The Morgan fingerprint density at radius 1 is 0.884 bits per heavy atom. The second-order valence-electron chi connectivity index (χ2n) is 10.2. The van der Waals surface area contributed by atoms with Crippen molar-refractivity contribution in [2.24, 2.45) is 28.2 Å². The molecule has 0 spiro atoms. The quantitative estimate of drug-likeness (QED) is 0.121. The minimum atomic E-state index is -1.06. The Balaban J connectivity index is 1.10. The maximum Gasteiger partial charge on any atom is 0.352 e. The number of amides is 3. The van der Waals surface area contributed by atoms with E-state index < -0.39 is 29.7 Å². The molecule has 4 aromatic rings. The lowest BCUT2D eigenvalue weighted by molar-refractivity contribution is -0.116. The average molecular weight is 591 g/mol. The van der Waals surface area contributed by atoms with Gasteiger partial charge in [-0.2, -0.15) is 0 Å². The second-order valence-corrected chi connectivity index (χ2v) is 10.2. The van der Waals surface area contributed by atoms with Gasteiger partial charge < -0.3 is 39.3 Å². The molecule has 0 aliphatic carbocycles. The minimum Gasteiger partial charge on any atom is -0.477 e. The number of hydrogen-bond acceptors (Lipinski definition) is 8. The molecule has 2 atom stereocenters. The van der Waals surface area contributed by atoms with E-state index in [-0.39, 0.29) is 53.6 Å². The standard InChI is InChI=1S/C27H30N10O6/c1-34-8-7-28-24(34)26(41)30-15-10-16(36(3)12-15)25(40)29-6-5-19(38)31-18-13-37(4)23(32-18)22(39)21-20(33-21)14-9-17(27(42)43)35(2)11-14/h7-13,20-21,33H,5-6H2,1-4H3,(H,29,40)(H,30,41)(H,31,38)(H,42,43). The summed E-state index contributed by atoms with van der Waals surface area (Å²) < 4.78 is 6.12. The molecule has 5 N–H and O–H groups in total. The lowest BCUT2D eigenvalue weighted by atomic mass is 10.1. The van der Waals surface area contributed by atoms with E-state index in [1.165, 1.54) is 33.7 Å². The van der Waals surface area contributed by atoms with Gasteiger partial charge in [0.15, 0.2) is 17.5 Å². The largest absolute Gasteiger partial charge is 0.477 e. The van der Waals surface area contributed by atoms with Crippen LogP contribution in [-0.4, -0.2) is 75.4 Å². The number of carboxylic acid groups (broad SMARTS) is 1. The number of nitrogens with one attached hydrogen (secondary N) is 4. The van der Waals surface area contributed by atoms with Gasteiger partial charge in [-0.1, -0.05) is 0 Å². The van der Waals surface area contributed by atoms with Crippen molar-refractivity contribution in [3.8, 4) is 0 Å². The van der Waals surface area contributed by atoms with Crippen LogP contribution in [0.3, 0.4) is 0 Å². The van der Waals surface area contributed by atoms with Crippen molar-refractivity contribution < 1.29 is 29.1 Å². The first-order valence-electron chi connectivity index (χ1n) is 13.2. The Morgan fingerprint density at radius 3 is 2.30 bits per heavy atom. The number of aryl methyl sites for hydroxylation is 4. The first kappa shape index (κ1) is 29.0. The van der Waals surface area contributed by atoms with Gasteiger partial charge in [0.05, 0.1) is 17.8 Å². The van der Waals surface area contributed by atoms with Crippen molar-refractivity contribution in [1.82, 2.24) is 38.9 Å². The van der Waals surface area contributed by atoms with Crippen LogP contribution in [0.25, 0.3) is 0 Å². The summed E-state index contributed by atoms with van der Waals surface area (Å²) in [5.74, 6) is -2.08. The summed E-state index contributed by atoms with van der Waals surface area (Å²) >= 11 is 0. The topological polar surface area (TPSA) is 209 Å². The highest BCUT2D eigenvalue weighted by atomic mass is 16.4. The third-order valence-electron chi connectivity index (χ3n) is 6.99. The van der Waals surface area contributed by atoms with Crippen LogP contribution in [-0.2, 0) is 33.0 Å². The maximum atomic E-state index is 13.0. The molecule has 1 aliphatic heterocycles. The van der Waals surface area contributed by atoms with E-state index in [4.69, 9.17) is 0 Å². The molecule has 224 valence electrons. The molecule has 1 aliphatic rings. The third kappa shape index (κ3) is 6.08. The normalized spacial score (nSPS) is 15.6. The molecular weight excluding hydrogens is 560 g/mol. The Kier molecular flexibility index (Phi) is 7.69. The molecule has 4 aromatic heterocycles. The Morgan fingerprint density at radius 2 is 1.63 bits per heavy atom. The number of Topliss-reactive ketones (excluding diaryl/α,β-unsaturated/α-hetero) is 1. The molecule has 43 heavy (non-hydrogen) atoms. The number of anilines is 2. The van der Waals surface area contributed by atoms with Gasteiger partial charge in [-0.15, -0.1) is 0 Å². The molecule has 1 saturated heterocycles. The number of aromatic carboxylic acids is 1. The predicted octanol–water partition coefficient (Wildman–Crippen LogP) is 0.436. The van der Waals surface area contributed by atoms with E-state index in [1.54, 1.807) is 55.9 Å². The highest BCUT2D eigenvalue weighted by Crippen LogP contribution is 2.33. The van der Waals surface area contributed by atoms with E-state index in [0.717, 1.165) is 0 Å². The summed E-state index contributed by atoms with van der Waals surface area (Å²) in [5.41, 5.74) is 1.50. The summed E-state index contributed by atoms with van der Waals surface area (Å²) in [5, 5.41) is 20.3. The number of carbonyl (C=O) groups excluding carboxylic acids is 4. The van der Waals surface area contributed by atoms with Crippen LogP contribution in [0.5, 0.6) is 0 Å². The van der Waals surface area contributed by atoms with Crippen molar-refractivity contribution in [3.63, 3.8) is 0 Å². The average Bonchev–Trinajstić information content (AvgIpc) is 3.20. The second kappa shape index (κ2) is 11.4. The zero-order valence-corrected chi connectivity index (χ0v) is 23.8. The fourth-order valence-corrected chi connectivity index (χ4v) is 4.74. The Bertz CT molecular complexity index is 1760. The fourth-order valence-electron chi connectivity index (χ4n) is 4.74. The van der Waals surface area contributed by atoms with Gasteiger partial charge in [0.1, 0.15) is 11.4 Å². The SMILES string of the molecule is Cn1cc(C2NC2C(=O)c2nc(NC(=O)CCNC(=O)c3cc(NC(=O)c4nccn4C)cn3C)cn2C)cc1C(=O)O. The first-order chi connectivity index (χ1) is 20.4. The molecule has 0 radical (unpaired) electrons. The van der Waals surface area contributed by atoms with Crippen molar-refractivity contribution in [2.45, 2.75) is 18.5 Å². The lowest BCUT2D eigenvalue weighted by Crippen LogP contribution is -2.29. The first-order valence-corrected chi connectivity index (χ1v) is 13.2. The van der Waals surface area contributed by atoms with E-state index in [1.807, 2.05) is 0 Å². The number of carbonyl (C=O) groups is 5. The molecule has 0 aromatic carbocycles. The van der Waals surface area contributed by atoms with E-state index in [9.17, 15) is 29.1 Å². The van der Waals surface area contributed by atoms with Gasteiger partial charge in [-0.25, -0.2) is 14.8 Å². The third-order valence-corrected chi connectivity index (χ3v) is 6.99. The van der Waals surface area contributed by atoms with Gasteiger partial charge in [-0.3, -0.25) is 24.5 Å². The van der Waals surface area contributed by atoms with Crippen LogP contribution in [0.2, 0.25) is 0 Å². The van der Waals surface area contributed by atoms with Gasteiger partial charge in [0.25, 0.3) is 11.8 Å². The zero-order valence-electron chi connectivity index (χ0n) is 23.8.